The van der Waals surface area contributed by atoms with Crippen molar-refractivity contribution in [2.45, 2.75) is 51.9 Å². The number of alkyl halides is 3. The number of allylic oxidation sites excluding steroid dienone is 1. The van der Waals surface area contributed by atoms with Crippen molar-refractivity contribution in [1.29, 1.82) is 0 Å². The number of hydrogen-bond donors (Lipinski definition) is 1. The quantitative estimate of drug-likeness (QED) is 0.219. The number of nitrogens with zero attached hydrogens (tertiary/aromatic N) is 3. The van der Waals surface area contributed by atoms with Crippen molar-refractivity contribution in [3.63, 3.8) is 0 Å². The van der Waals surface area contributed by atoms with Crippen LogP contribution in [-0.4, -0.2) is 52.1 Å². The number of rotatable bonds is 7. The van der Waals surface area contributed by atoms with E-state index in [-0.39, 0.29) is 23.6 Å². The molecule has 1 amide bonds. The number of thiazole rings is 1. The molecule has 2 aliphatic heterocycles. The number of halogens is 4. The van der Waals surface area contributed by atoms with E-state index in [4.69, 9.17) is 16.3 Å². The van der Waals surface area contributed by atoms with Crippen LogP contribution in [0.4, 0.5) is 13.2 Å². The first kappa shape index (κ1) is 32.0. The Bertz CT molecular complexity index is 1870. The minimum atomic E-state index is -4.46. The van der Waals surface area contributed by atoms with Gasteiger partial charge in [0.05, 0.1) is 40.4 Å². The van der Waals surface area contributed by atoms with Gasteiger partial charge in [0.15, 0.2) is 0 Å². The van der Waals surface area contributed by atoms with E-state index in [9.17, 15) is 22.8 Å². The molecule has 0 saturated carbocycles. The zero-order valence-electron chi connectivity index (χ0n) is 25.5. The summed E-state index contributed by atoms with van der Waals surface area (Å²) in [6.45, 7) is 7.05. The molecule has 240 valence electrons. The third-order valence-electron chi connectivity index (χ3n) is 8.10. The Morgan fingerprint density at radius 2 is 1.80 bits per heavy atom. The Labute approximate surface area is 273 Å². The predicted molar refractivity (Wildman–Crippen MR) is 175 cm³/mol. The van der Waals surface area contributed by atoms with E-state index < -0.39 is 17.3 Å². The average molecular weight is 669 g/mol. The number of pyridine rings is 1. The molecule has 2 atom stereocenters. The largest absolute Gasteiger partial charge is 0.492 e. The van der Waals surface area contributed by atoms with Crippen LogP contribution in [-0.2, 0) is 6.18 Å². The van der Waals surface area contributed by atoms with Gasteiger partial charge in [0.1, 0.15) is 10.8 Å². The average Bonchev–Trinajstić information content (AvgIpc) is 3.63. The van der Waals surface area contributed by atoms with Crippen molar-refractivity contribution < 1.29 is 22.7 Å². The molecule has 0 spiro atoms. The van der Waals surface area contributed by atoms with E-state index in [1.165, 1.54) is 28.0 Å². The first-order valence-electron chi connectivity index (χ1n) is 15.0. The van der Waals surface area contributed by atoms with Crippen LogP contribution >= 0.6 is 22.9 Å². The maximum absolute atomic E-state index is 14.5. The minimum Gasteiger partial charge on any atom is -0.492 e. The first-order chi connectivity index (χ1) is 21.9. The lowest BCUT2D eigenvalue weighted by atomic mass is 10.0. The van der Waals surface area contributed by atoms with Crippen molar-refractivity contribution in [2.75, 3.05) is 19.7 Å². The molecule has 4 aromatic rings. The van der Waals surface area contributed by atoms with Crippen LogP contribution in [0.15, 0.2) is 64.3 Å². The lowest BCUT2D eigenvalue weighted by Crippen LogP contribution is -2.53. The Kier molecular flexibility index (Phi) is 8.84. The molecule has 1 N–H and O–H groups in total. The molecule has 4 heterocycles. The summed E-state index contributed by atoms with van der Waals surface area (Å²) in [6, 6.07) is 11.7. The second-order valence-corrected chi connectivity index (χ2v) is 13.0. The number of likely N-dealkylation sites (tertiary alicyclic amines) is 1. The number of nitrogens with one attached hydrogen (secondary N) is 1. The van der Waals surface area contributed by atoms with Gasteiger partial charge in [-0.3, -0.25) is 14.2 Å². The standard InChI is InChI=1S/C34H32ClF3N4O3S/c1-4-45-30-12-9-22(35)14-29(30)42-28(13-19(2)3)25(32(43)41-16-23-10-11-24(17-41)39-23)15-26(33(42)44)31-40-27(18-46-31)20-5-7-21(8-6-20)34(36,37)38/h5-9,12-15,18,23-24,39H,4,10-11,16-17H2,1-3H3. The topological polar surface area (TPSA) is 76.5 Å². The van der Waals surface area contributed by atoms with E-state index >= 15 is 0 Å². The van der Waals surface area contributed by atoms with Crippen LogP contribution < -0.4 is 15.6 Å². The number of carbonyl (C=O) groups is 1. The number of ether oxygens (including phenoxy) is 1. The van der Waals surface area contributed by atoms with E-state index in [2.05, 4.69) is 10.3 Å². The Balaban J connectivity index is 1.56. The number of hydrogen-bond acceptors (Lipinski definition) is 6. The van der Waals surface area contributed by atoms with Crippen molar-refractivity contribution in [1.82, 2.24) is 19.8 Å². The van der Waals surface area contributed by atoms with Gasteiger partial charge in [-0.1, -0.05) is 29.3 Å². The molecule has 2 aromatic carbocycles. The lowest BCUT2D eigenvalue weighted by molar-refractivity contribution is -0.137. The third kappa shape index (κ3) is 6.36. The molecule has 0 aliphatic carbocycles. The molecule has 2 unspecified atom stereocenters. The highest BCUT2D eigenvalue weighted by Gasteiger charge is 2.36. The highest BCUT2D eigenvalue weighted by Crippen LogP contribution is 2.35. The summed E-state index contributed by atoms with van der Waals surface area (Å²) in [5.74, 6) is 0.207. The monoisotopic (exact) mass is 668 g/mol. The number of benzene rings is 2. The molecular formula is C34H32ClF3N4O3S. The molecule has 6 rings (SSSR count). The normalized spacial score (nSPS) is 17.7. The Hall–Kier alpha value is -3.93. The zero-order chi connectivity index (χ0) is 32.7. The van der Waals surface area contributed by atoms with Gasteiger partial charge in [0, 0.05) is 41.1 Å². The van der Waals surface area contributed by atoms with Crippen LogP contribution in [0.3, 0.4) is 0 Å². The van der Waals surface area contributed by atoms with Crippen molar-refractivity contribution >= 4 is 34.9 Å². The summed E-state index contributed by atoms with van der Waals surface area (Å²) in [6.07, 6.45) is -0.670. The van der Waals surface area contributed by atoms with Crippen molar-refractivity contribution in [3.05, 3.63) is 91.7 Å². The lowest BCUT2D eigenvalue weighted by Gasteiger charge is -2.33. The van der Waals surface area contributed by atoms with Crippen LogP contribution in [0.5, 0.6) is 5.75 Å². The summed E-state index contributed by atoms with van der Waals surface area (Å²) >= 11 is 7.63. The van der Waals surface area contributed by atoms with Crippen molar-refractivity contribution in [2.24, 2.45) is 0 Å². The van der Waals surface area contributed by atoms with Crippen LogP contribution in [0.1, 0.15) is 55.2 Å². The van der Waals surface area contributed by atoms with Gasteiger partial charge in [-0.25, -0.2) is 4.98 Å². The summed E-state index contributed by atoms with van der Waals surface area (Å²) in [4.78, 5) is 35.5. The number of carbonyl (C=O) groups excluding carboxylic acids is 1. The van der Waals surface area contributed by atoms with Crippen LogP contribution in [0.2, 0.25) is 5.02 Å². The number of amides is 1. The van der Waals surface area contributed by atoms with Gasteiger partial charge in [-0.2, -0.15) is 13.2 Å². The minimum absolute atomic E-state index is 0.179. The van der Waals surface area contributed by atoms with Crippen LogP contribution in [0, 0.1) is 0 Å². The third-order valence-corrected chi connectivity index (χ3v) is 9.21. The fraction of sp³-hybridized carbons (Fsp3) is 0.324. The summed E-state index contributed by atoms with van der Waals surface area (Å²) in [7, 11) is 0. The highest BCUT2D eigenvalue weighted by atomic mass is 35.5. The maximum Gasteiger partial charge on any atom is 0.416 e. The fourth-order valence-corrected chi connectivity index (χ4v) is 7.05. The maximum atomic E-state index is 14.5. The van der Waals surface area contributed by atoms with Gasteiger partial charge in [0.2, 0.25) is 0 Å². The molecule has 2 aliphatic rings. The molecular weight excluding hydrogens is 637 g/mol. The van der Waals surface area contributed by atoms with Gasteiger partial charge in [0.25, 0.3) is 11.5 Å². The van der Waals surface area contributed by atoms with Crippen LogP contribution in [0.25, 0.3) is 33.6 Å². The molecule has 7 nitrogen and oxygen atoms in total. The smallest absolute Gasteiger partial charge is 0.416 e. The Morgan fingerprint density at radius 3 is 2.43 bits per heavy atom. The fourth-order valence-electron chi connectivity index (χ4n) is 6.05. The second kappa shape index (κ2) is 12.7. The van der Waals surface area contributed by atoms with Gasteiger partial charge in [-0.15, -0.1) is 11.3 Å². The van der Waals surface area contributed by atoms with Gasteiger partial charge < -0.3 is 15.0 Å². The van der Waals surface area contributed by atoms with E-state index in [1.807, 2.05) is 25.7 Å². The highest BCUT2D eigenvalue weighted by molar-refractivity contribution is 7.13. The summed E-state index contributed by atoms with van der Waals surface area (Å²) in [5, 5.41) is 5.94. The number of aromatic nitrogens is 2. The zero-order valence-corrected chi connectivity index (χ0v) is 27.0. The molecule has 2 bridgehead atoms. The summed E-state index contributed by atoms with van der Waals surface area (Å²) in [5.41, 5.74) is 1.82. The predicted octanol–water partition coefficient (Wildman–Crippen LogP) is 7.70. The SMILES string of the molecule is CCOc1ccc(Cl)cc1-n1c(C=C(C)C)c(C(=O)N2CC3CCC(C2)N3)cc(-c2nc(-c3ccc(C(F)(F)F)cc3)cs2)c1=O. The molecule has 0 radical (unpaired) electrons. The molecule has 46 heavy (non-hydrogen) atoms. The molecule has 2 fully saturated rings. The Morgan fingerprint density at radius 1 is 1.11 bits per heavy atom. The summed E-state index contributed by atoms with van der Waals surface area (Å²) < 4.78 is 46.9. The first-order valence-corrected chi connectivity index (χ1v) is 16.2. The molecule has 2 saturated heterocycles. The van der Waals surface area contributed by atoms with E-state index in [0.29, 0.717) is 63.7 Å². The van der Waals surface area contributed by atoms with Crippen molar-refractivity contribution in [3.8, 4) is 33.3 Å². The second-order valence-electron chi connectivity index (χ2n) is 11.7. The van der Waals surface area contributed by atoms with Gasteiger partial charge in [-0.05, 0) is 76.1 Å². The van der Waals surface area contributed by atoms with E-state index in [0.717, 1.165) is 30.5 Å². The van der Waals surface area contributed by atoms with Gasteiger partial charge >= 0.3 is 6.18 Å². The molecule has 12 heteroatoms. The molecule has 2 aromatic heterocycles. The van der Waals surface area contributed by atoms with E-state index in [1.54, 1.807) is 35.7 Å². The number of fused-ring (bicyclic) bond motifs is 2. The number of piperazine rings is 1.